The standard InChI is InChI=1S/C19H24N2O2/c1-13-10-14(2)19-16(11-13)17(4-3-9-23-19)21-12-18(22)15-5-7-20-8-6-15/h5-8,10-11,17-18,21-22H,3-4,9,12H2,1-2H3. The molecule has 0 aliphatic carbocycles. The van der Waals surface area contributed by atoms with Gasteiger partial charge >= 0.3 is 0 Å². The van der Waals surface area contributed by atoms with Gasteiger partial charge in [-0.3, -0.25) is 4.98 Å². The molecule has 4 heteroatoms. The molecule has 1 aliphatic rings. The van der Waals surface area contributed by atoms with E-state index in [0.29, 0.717) is 6.54 Å². The van der Waals surface area contributed by atoms with Gasteiger partial charge in [-0.1, -0.05) is 17.7 Å². The van der Waals surface area contributed by atoms with Crippen molar-refractivity contribution in [3.63, 3.8) is 0 Å². The van der Waals surface area contributed by atoms with Crippen molar-refractivity contribution in [1.82, 2.24) is 10.3 Å². The fourth-order valence-electron chi connectivity index (χ4n) is 3.23. The molecule has 2 atom stereocenters. The number of fused-ring (bicyclic) bond motifs is 1. The summed E-state index contributed by atoms with van der Waals surface area (Å²) in [6.07, 6.45) is 4.91. The van der Waals surface area contributed by atoms with E-state index < -0.39 is 6.10 Å². The quantitative estimate of drug-likeness (QED) is 0.910. The minimum atomic E-state index is -0.531. The van der Waals surface area contributed by atoms with Crippen molar-refractivity contribution >= 4 is 0 Å². The smallest absolute Gasteiger partial charge is 0.126 e. The molecule has 0 saturated carbocycles. The van der Waals surface area contributed by atoms with E-state index in [9.17, 15) is 5.11 Å². The Kier molecular flexibility index (Phi) is 4.94. The summed E-state index contributed by atoms with van der Waals surface area (Å²) in [4.78, 5) is 3.99. The predicted octanol–water partition coefficient (Wildman–Crippen LogP) is 3.24. The zero-order valence-corrected chi connectivity index (χ0v) is 13.7. The van der Waals surface area contributed by atoms with E-state index in [1.807, 2.05) is 12.1 Å². The van der Waals surface area contributed by atoms with Gasteiger partial charge in [0.25, 0.3) is 0 Å². The monoisotopic (exact) mass is 312 g/mol. The lowest BCUT2D eigenvalue weighted by Gasteiger charge is -2.22. The number of aromatic nitrogens is 1. The molecule has 1 aliphatic heterocycles. The molecule has 0 bridgehead atoms. The van der Waals surface area contributed by atoms with Gasteiger partial charge in [-0.05, 0) is 49.9 Å². The lowest BCUT2D eigenvalue weighted by Crippen LogP contribution is -2.26. The summed E-state index contributed by atoms with van der Waals surface area (Å²) in [6, 6.07) is 8.27. The van der Waals surface area contributed by atoms with Crippen LogP contribution in [0.1, 0.15) is 47.2 Å². The van der Waals surface area contributed by atoms with E-state index in [1.54, 1.807) is 12.4 Å². The fourth-order valence-corrected chi connectivity index (χ4v) is 3.23. The van der Waals surface area contributed by atoms with Gasteiger partial charge in [0.1, 0.15) is 5.75 Å². The molecular weight excluding hydrogens is 288 g/mol. The summed E-state index contributed by atoms with van der Waals surface area (Å²) in [5.41, 5.74) is 4.52. The molecule has 0 spiro atoms. The second-order valence-electron chi connectivity index (χ2n) is 6.25. The van der Waals surface area contributed by atoms with Crippen molar-refractivity contribution in [2.45, 2.75) is 38.8 Å². The molecule has 0 radical (unpaired) electrons. The number of aryl methyl sites for hydroxylation is 2. The maximum absolute atomic E-state index is 10.4. The third kappa shape index (κ3) is 3.71. The van der Waals surface area contributed by atoms with Crippen LogP contribution >= 0.6 is 0 Å². The third-order valence-corrected chi connectivity index (χ3v) is 4.36. The highest BCUT2D eigenvalue weighted by Crippen LogP contribution is 2.35. The zero-order chi connectivity index (χ0) is 16.2. The molecule has 1 aromatic heterocycles. The highest BCUT2D eigenvalue weighted by atomic mass is 16.5. The Morgan fingerprint density at radius 3 is 2.87 bits per heavy atom. The average Bonchev–Trinajstić information content (AvgIpc) is 2.76. The first kappa shape index (κ1) is 16.0. The molecule has 23 heavy (non-hydrogen) atoms. The molecule has 2 aromatic rings. The topological polar surface area (TPSA) is 54.4 Å². The van der Waals surface area contributed by atoms with Crippen LogP contribution in [0.15, 0.2) is 36.7 Å². The minimum absolute atomic E-state index is 0.211. The second kappa shape index (κ2) is 7.11. The van der Waals surface area contributed by atoms with Gasteiger partial charge in [0.15, 0.2) is 0 Å². The molecule has 3 rings (SSSR count). The lowest BCUT2D eigenvalue weighted by atomic mass is 9.97. The van der Waals surface area contributed by atoms with Crippen LogP contribution in [0.25, 0.3) is 0 Å². The van der Waals surface area contributed by atoms with Crippen molar-refractivity contribution in [1.29, 1.82) is 0 Å². The van der Waals surface area contributed by atoms with Crippen molar-refractivity contribution in [3.8, 4) is 5.75 Å². The van der Waals surface area contributed by atoms with Gasteiger partial charge < -0.3 is 15.2 Å². The van der Waals surface area contributed by atoms with E-state index in [2.05, 4.69) is 36.3 Å². The Balaban J connectivity index is 1.76. The molecule has 2 heterocycles. The van der Waals surface area contributed by atoms with Crippen molar-refractivity contribution < 1.29 is 9.84 Å². The van der Waals surface area contributed by atoms with Crippen molar-refractivity contribution in [2.75, 3.05) is 13.2 Å². The fraction of sp³-hybridized carbons (Fsp3) is 0.421. The summed E-state index contributed by atoms with van der Waals surface area (Å²) in [6.45, 7) is 5.48. The Labute approximate surface area is 137 Å². The molecular formula is C19H24N2O2. The van der Waals surface area contributed by atoms with E-state index in [4.69, 9.17) is 4.74 Å². The highest BCUT2D eigenvalue weighted by molar-refractivity contribution is 5.46. The first-order valence-electron chi connectivity index (χ1n) is 8.20. The van der Waals surface area contributed by atoms with Crippen LogP contribution in [0.2, 0.25) is 0 Å². The number of nitrogens with one attached hydrogen (secondary N) is 1. The molecule has 2 unspecified atom stereocenters. The van der Waals surface area contributed by atoms with E-state index in [1.165, 1.54) is 16.7 Å². The number of aliphatic hydroxyl groups is 1. The Morgan fingerprint density at radius 1 is 1.30 bits per heavy atom. The van der Waals surface area contributed by atoms with Crippen LogP contribution in [0, 0.1) is 13.8 Å². The molecule has 0 amide bonds. The van der Waals surface area contributed by atoms with Gasteiger partial charge in [-0.2, -0.15) is 0 Å². The number of rotatable bonds is 4. The van der Waals surface area contributed by atoms with Gasteiger partial charge in [-0.15, -0.1) is 0 Å². The normalized spacial score (nSPS) is 18.7. The van der Waals surface area contributed by atoms with E-state index >= 15 is 0 Å². The van der Waals surface area contributed by atoms with Crippen LogP contribution in [0.3, 0.4) is 0 Å². The van der Waals surface area contributed by atoms with Gasteiger partial charge in [0.05, 0.1) is 12.7 Å². The molecule has 0 saturated heterocycles. The highest BCUT2D eigenvalue weighted by Gasteiger charge is 2.22. The van der Waals surface area contributed by atoms with E-state index in [-0.39, 0.29) is 6.04 Å². The summed E-state index contributed by atoms with van der Waals surface area (Å²) in [7, 11) is 0. The molecule has 2 N–H and O–H groups in total. The average molecular weight is 312 g/mol. The minimum Gasteiger partial charge on any atom is -0.493 e. The van der Waals surface area contributed by atoms with Crippen LogP contribution in [0.4, 0.5) is 0 Å². The maximum Gasteiger partial charge on any atom is 0.126 e. The largest absolute Gasteiger partial charge is 0.493 e. The summed E-state index contributed by atoms with van der Waals surface area (Å²) in [5.74, 6) is 1.00. The second-order valence-corrected chi connectivity index (χ2v) is 6.25. The van der Waals surface area contributed by atoms with Gasteiger partial charge in [-0.25, -0.2) is 0 Å². The number of benzene rings is 1. The van der Waals surface area contributed by atoms with Crippen molar-refractivity contribution in [3.05, 3.63) is 58.9 Å². The maximum atomic E-state index is 10.4. The lowest BCUT2D eigenvalue weighted by molar-refractivity contribution is 0.169. The van der Waals surface area contributed by atoms with Crippen LogP contribution in [-0.2, 0) is 0 Å². The Bertz CT molecular complexity index is 658. The molecule has 1 aromatic carbocycles. The number of aliphatic hydroxyl groups excluding tert-OH is 1. The number of nitrogens with zero attached hydrogens (tertiary/aromatic N) is 1. The van der Waals surface area contributed by atoms with Gasteiger partial charge in [0.2, 0.25) is 0 Å². The third-order valence-electron chi connectivity index (χ3n) is 4.36. The summed E-state index contributed by atoms with van der Waals surface area (Å²) >= 11 is 0. The van der Waals surface area contributed by atoms with Crippen LogP contribution in [-0.4, -0.2) is 23.2 Å². The first-order valence-corrected chi connectivity index (χ1v) is 8.20. The first-order chi connectivity index (χ1) is 11.1. The summed E-state index contributed by atoms with van der Waals surface area (Å²) in [5, 5.41) is 13.9. The molecule has 0 fully saturated rings. The molecule has 4 nitrogen and oxygen atoms in total. The number of ether oxygens (including phenoxy) is 1. The Hall–Kier alpha value is -1.91. The summed E-state index contributed by atoms with van der Waals surface area (Å²) < 4.78 is 5.95. The Morgan fingerprint density at radius 2 is 2.09 bits per heavy atom. The van der Waals surface area contributed by atoms with Crippen LogP contribution < -0.4 is 10.1 Å². The predicted molar refractivity (Wildman–Crippen MR) is 90.6 cm³/mol. The number of hydrogen-bond donors (Lipinski definition) is 2. The zero-order valence-electron chi connectivity index (χ0n) is 13.7. The van der Waals surface area contributed by atoms with Gasteiger partial charge in [0, 0.05) is 30.5 Å². The SMILES string of the molecule is Cc1cc(C)c2c(c1)C(NCC(O)c1ccncc1)CCCO2. The van der Waals surface area contributed by atoms with Crippen molar-refractivity contribution in [2.24, 2.45) is 0 Å². The van der Waals surface area contributed by atoms with Crippen LogP contribution in [0.5, 0.6) is 5.75 Å². The molecule has 122 valence electrons. The number of pyridine rings is 1. The number of hydrogen-bond acceptors (Lipinski definition) is 4. The van der Waals surface area contributed by atoms with E-state index in [0.717, 1.165) is 30.8 Å².